The summed E-state index contributed by atoms with van der Waals surface area (Å²) in [5.74, 6) is -1.83. The molecule has 32 heavy (non-hydrogen) atoms. The molecule has 2 aromatic carbocycles. The first-order valence-electron chi connectivity index (χ1n) is 10.1. The van der Waals surface area contributed by atoms with E-state index in [1.54, 1.807) is 0 Å². The maximum atomic E-state index is 13.2. The minimum absolute atomic E-state index is 0.0122. The van der Waals surface area contributed by atoms with E-state index >= 15 is 0 Å². The van der Waals surface area contributed by atoms with E-state index in [0.29, 0.717) is 0 Å². The van der Waals surface area contributed by atoms with E-state index < -0.39 is 33.8 Å². The van der Waals surface area contributed by atoms with Gasteiger partial charge in [0, 0.05) is 13.1 Å². The second kappa shape index (κ2) is 9.87. The quantitative estimate of drug-likeness (QED) is 0.604. The Morgan fingerprint density at radius 1 is 1.16 bits per heavy atom. The van der Waals surface area contributed by atoms with Gasteiger partial charge in [-0.25, -0.2) is 17.6 Å². The van der Waals surface area contributed by atoms with Crippen molar-refractivity contribution in [3.63, 3.8) is 0 Å². The van der Waals surface area contributed by atoms with Crippen LogP contribution in [0, 0.1) is 5.82 Å². The molecule has 1 N–H and O–H groups in total. The fourth-order valence-electron chi connectivity index (χ4n) is 3.44. The molecule has 1 saturated carbocycles. The first-order valence-corrected chi connectivity index (χ1v) is 12.0. The average Bonchev–Trinajstić information content (AvgIpc) is 3.26. The molecule has 2 aromatic rings. The van der Waals surface area contributed by atoms with Gasteiger partial charge in [-0.3, -0.25) is 9.10 Å². The molecule has 0 aromatic heterocycles. The van der Waals surface area contributed by atoms with E-state index in [1.165, 1.54) is 38.2 Å². The first kappa shape index (κ1) is 24.0. The number of hydrogen-bond acceptors (Lipinski definition) is 5. The number of anilines is 1. The van der Waals surface area contributed by atoms with Crippen molar-refractivity contribution in [2.45, 2.75) is 49.6 Å². The molecule has 0 radical (unpaired) electrons. The molecule has 0 saturated heterocycles. The summed E-state index contributed by atoms with van der Waals surface area (Å²) in [5, 5.41) is 2.83. The molecular formula is C22H24ClFN2O5S. The highest BCUT2D eigenvalue weighted by Crippen LogP contribution is 2.27. The van der Waals surface area contributed by atoms with E-state index in [0.717, 1.165) is 48.2 Å². The Balaban J connectivity index is 1.77. The molecule has 1 fully saturated rings. The zero-order chi connectivity index (χ0) is 23.5. The molecule has 1 amide bonds. The minimum Gasteiger partial charge on any atom is -0.449 e. The highest BCUT2D eigenvalue weighted by Gasteiger charge is 2.27. The molecule has 1 aliphatic rings. The smallest absolute Gasteiger partial charge is 0.340 e. The van der Waals surface area contributed by atoms with Crippen molar-refractivity contribution in [3.05, 3.63) is 58.9 Å². The van der Waals surface area contributed by atoms with Crippen LogP contribution >= 0.6 is 11.6 Å². The fourth-order valence-corrected chi connectivity index (χ4v) is 4.85. The van der Waals surface area contributed by atoms with Crippen LogP contribution in [0.3, 0.4) is 0 Å². The average molecular weight is 483 g/mol. The summed E-state index contributed by atoms with van der Waals surface area (Å²) >= 11 is 6.10. The summed E-state index contributed by atoms with van der Waals surface area (Å²) in [7, 11) is -2.76. The van der Waals surface area contributed by atoms with Crippen molar-refractivity contribution in [2.75, 3.05) is 11.4 Å². The summed E-state index contributed by atoms with van der Waals surface area (Å²) < 4.78 is 45.4. The van der Waals surface area contributed by atoms with Crippen molar-refractivity contribution in [2.24, 2.45) is 0 Å². The number of carbonyl (C=O) groups excluding carboxylic acids is 2. The Kier molecular flexibility index (Phi) is 7.40. The van der Waals surface area contributed by atoms with E-state index in [4.69, 9.17) is 16.3 Å². The molecule has 0 spiro atoms. The molecule has 0 bridgehead atoms. The van der Waals surface area contributed by atoms with Gasteiger partial charge in [0.25, 0.3) is 15.9 Å². The van der Waals surface area contributed by atoms with Crippen LogP contribution in [0.4, 0.5) is 10.1 Å². The second-order valence-electron chi connectivity index (χ2n) is 7.63. The number of hydrogen-bond donors (Lipinski definition) is 1. The lowest BCUT2D eigenvalue weighted by molar-refractivity contribution is -0.129. The van der Waals surface area contributed by atoms with Crippen molar-refractivity contribution in [1.82, 2.24) is 5.32 Å². The molecule has 1 aliphatic carbocycles. The van der Waals surface area contributed by atoms with E-state index in [2.05, 4.69) is 5.32 Å². The summed E-state index contributed by atoms with van der Waals surface area (Å²) in [6.07, 6.45) is 2.80. The van der Waals surface area contributed by atoms with Crippen LogP contribution in [-0.2, 0) is 19.6 Å². The van der Waals surface area contributed by atoms with Crippen LogP contribution in [0.1, 0.15) is 43.0 Å². The highest BCUT2D eigenvalue weighted by molar-refractivity contribution is 7.92. The molecular weight excluding hydrogens is 459 g/mol. The lowest BCUT2D eigenvalue weighted by Gasteiger charge is -2.20. The lowest BCUT2D eigenvalue weighted by Crippen LogP contribution is -2.40. The summed E-state index contributed by atoms with van der Waals surface area (Å²) in [5.41, 5.74) is 0.0587. The van der Waals surface area contributed by atoms with Crippen LogP contribution in [0.5, 0.6) is 0 Å². The normalized spacial score (nSPS) is 15.2. The third kappa shape index (κ3) is 5.39. The Morgan fingerprint density at radius 3 is 2.41 bits per heavy atom. The Morgan fingerprint density at radius 2 is 1.78 bits per heavy atom. The number of esters is 1. The fraction of sp³-hybridized carbons (Fsp3) is 0.364. The lowest BCUT2D eigenvalue weighted by atomic mass is 10.2. The number of rotatable bonds is 7. The SMILES string of the molecule is C[C@@H](OC(=O)c1cc(S(=O)(=O)N(C)c2ccc(F)cc2)ccc1Cl)C(=O)NC1CCCC1. The zero-order valence-corrected chi connectivity index (χ0v) is 19.2. The maximum absolute atomic E-state index is 13.2. The number of nitrogens with zero attached hydrogens (tertiary/aromatic N) is 1. The van der Waals surface area contributed by atoms with E-state index in [9.17, 15) is 22.4 Å². The molecule has 3 rings (SSSR count). The van der Waals surface area contributed by atoms with Crippen LogP contribution < -0.4 is 9.62 Å². The second-order valence-corrected chi connectivity index (χ2v) is 10.0. The minimum atomic E-state index is -4.07. The number of ether oxygens (including phenoxy) is 1. The number of benzene rings is 2. The molecule has 1 atom stereocenters. The third-order valence-electron chi connectivity index (χ3n) is 5.36. The molecule has 7 nitrogen and oxygen atoms in total. The van der Waals surface area contributed by atoms with E-state index in [-0.39, 0.29) is 27.2 Å². The van der Waals surface area contributed by atoms with Crippen LogP contribution in [0.25, 0.3) is 0 Å². The van der Waals surface area contributed by atoms with Gasteiger partial charge in [-0.05, 0) is 62.2 Å². The first-order chi connectivity index (χ1) is 15.1. The predicted octanol–water partition coefficient (Wildman–Crippen LogP) is 3.91. The molecule has 172 valence electrons. The number of amides is 1. The standard InChI is InChI=1S/C22H24ClFN2O5S/c1-14(21(27)25-16-5-3-4-6-16)31-22(28)19-13-18(11-12-20(19)23)32(29,30)26(2)17-9-7-15(24)8-10-17/h7-14,16H,3-6H2,1-2H3,(H,25,27)/t14-/m1/s1. The van der Waals surface area contributed by atoms with Crippen LogP contribution in [-0.4, -0.2) is 39.5 Å². The maximum Gasteiger partial charge on any atom is 0.340 e. The molecule has 0 heterocycles. The Bertz CT molecular complexity index is 1100. The monoisotopic (exact) mass is 482 g/mol. The molecule has 0 unspecified atom stereocenters. The molecule has 10 heteroatoms. The van der Waals surface area contributed by atoms with Gasteiger partial charge in [-0.1, -0.05) is 24.4 Å². The van der Waals surface area contributed by atoms with Gasteiger partial charge < -0.3 is 10.1 Å². The number of nitrogens with one attached hydrogen (secondary N) is 1. The van der Waals surface area contributed by atoms with Gasteiger partial charge in [0.2, 0.25) is 0 Å². The van der Waals surface area contributed by atoms with Crippen molar-refractivity contribution in [3.8, 4) is 0 Å². The molecule has 0 aliphatic heterocycles. The predicted molar refractivity (Wildman–Crippen MR) is 119 cm³/mol. The van der Waals surface area contributed by atoms with Gasteiger partial charge in [-0.2, -0.15) is 0 Å². The topological polar surface area (TPSA) is 92.8 Å². The number of carbonyl (C=O) groups is 2. The van der Waals surface area contributed by atoms with Crippen molar-refractivity contribution in [1.29, 1.82) is 0 Å². The Labute approximate surface area is 191 Å². The Hall–Kier alpha value is -2.65. The zero-order valence-electron chi connectivity index (χ0n) is 17.7. The summed E-state index contributed by atoms with van der Waals surface area (Å²) in [6.45, 7) is 1.44. The summed E-state index contributed by atoms with van der Waals surface area (Å²) in [4.78, 5) is 24.7. The van der Waals surface area contributed by atoms with Crippen molar-refractivity contribution < 1.29 is 27.1 Å². The third-order valence-corrected chi connectivity index (χ3v) is 7.47. The van der Waals surface area contributed by atoms with E-state index in [1.807, 2.05) is 0 Å². The van der Waals surface area contributed by atoms with Gasteiger partial charge in [-0.15, -0.1) is 0 Å². The van der Waals surface area contributed by atoms with Crippen molar-refractivity contribution >= 4 is 39.2 Å². The highest BCUT2D eigenvalue weighted by atomic mass is 35.5. The van der Waals surface area contributed by atoms with Gasteiger partial charge >= 0.3 is 5.97 Å². The van der Waals surface area contributed by atoms with Gasteiger partial charge in [0.1, 0.15) is 5.82 Å². The van der Waals surface area contributed by atoms with Gasteiger partial charge in [0.15, 0.2) is 6.10 Å². The number of sulfonamides is 1. The van der Waals surface area contributed by atoms with Gasteiger partial charge in [0.05, 0.1) is 21.2 Å². The van der Waals surface area contributed by atoms with Crippen LogP contribution in [0.2, 0.25) is 5.02 Å². The number of halogens is 2. The van der Waals surface area contributed by atoms with Crippen LogP contribution in [0.15, 0.2) is 47.4 Å². The largest absolute Gasteiger partial charge is 0.449 e. The summed E-state index contributed by atoms with van der Waals surface area (Å²) in [6, 6.07) is 8.63.